The molecule has 0 saturated heterocycles. The van der Waals surface area contributed by atoms with Gasteiger partial charge in [0.05, 0.1) is 10.6 Å². The Morgan fingerprint density at radius 3 is 2.14 bits per heavy atom. The zero-order valence-corrected chi connectivity index (χ0v) is 23.4. The standard InChI is InChI=1S/C29H43N3O4S/c1-4-5-6-7-8-9-10-11-12-19-28(33)30-21-20-29(34)31-25-16-14-17-26(22-25)37(35,36)32-27-18-13-15-23(2)24(27)3/h13-18,22,32H,4-12,19-21H2,1-3H3,(H,30,33)(H,31,34). The zero-order chi connectivity index (χ0) is 27.1. The van der Waals surface area contributed by atoms with Crippen LogP contribution < -0.4 is 15.4 Å². The first kappa shape index (κ1) is 30.4. The van der Waals surface area contributed by atoms with Gasteiger partial charge < -0.3 is 10.6 Å². The van der Waals surface area contributed by atoms with Gasteiger partial charge in [-0.05, 0) is 55.7 Å². The molecule has 2 amide bonds. The predicted octanol–water partition coefficient (Wildman–Crippen LogP) is 6.47. The van der Waals surface area contributed by atoms with E-state index in [-0.39, 0.29) is 29.7 Å². The fourth-order valence-corrected chi connectivity index (χ4v) is 5.20. The van der Waals surface area contributed by atoms with Gasteiger partial charge in [0.15, 0.2) is 0 Å². The zero-order valence-electron chi connectivity index (χ0n) is 22.6. The maximum atomic E-state index is 12.9. The fourth-order valence-electron chi connectivity index (χ4n) is 4.03. The Bertz CT molecular complexity index is 1120. The van der Waals surface area contributed by atoms with Crippen molar-refractivity contribution in [3.8, 4) is 0 Å². The molecular formula is C29H43N3O4S. The van der Waals surface area contributed by atoms with Gasteiger partial charge in [-0.25, -0.2) is 8.42 Å². The van der Waals surface area contributed by atoms with Crippen molar-refractivity contribution >= 4 is 33.2 Å². The molecule has 0 aromatic heterocycles. The van der Waals surface area contributed by atoms with Crippen molar-refractivity contribution in [2.75, 3.05) is 16.6 Å². The summed E-state index contributed by atoms with van der Waals surface area (Å²) in [7, 11) is -3.82. The molecular weight excluding hydrogens is 486 g/mol. The molecule has 2 aromatic carbocycles. The molecule has 8 heteroatoms. The summed E-state index contributed by atoms with van der Waals surface area (Å²) < 4.78 is 28.4. The first-order chi connectivity index (χ1) is 17.7. The normalized spacial score (nSPS) is 11.2. The summed E-state index contributed by atoms with van der Waals surface area (Å²) in [5.41, 5.74) is 2.75. The van der Waals surface area contributed by atoms with E-state index >= 15 is 0 Å². The number of hydrogen-bond donors (Lipinski definition) is 3. The molecule has 37 heavy (non-hydrogen) atoms. The summed E-state index contributed by atoms with van der Waals surface area (Å²) in [6.45, 7) is 6.24. The molecule has 0 aliphatic carbocycles. The minimum absolute atomic E-state index is 0.0404. The highest BCUT2D eigenvalue weighted by molar-refractivity contribution is 7.92. The van der Waals surface area contributed by atoms with Crippen LogP contribution in [0.5, 0.6) is 0 Å². The van der Waals surface area contributed by atoms with Crippen LogP contribution in [0.15, 0.2) is 47.4 Å². The van der Waals surface area contributed by atoms with E-state index in [1.807, 2.05) is 19.9 Å². The summed E-state index contributed by atoms with van der Waals surface area (Å²) in [5.74, 6) is -0.332. The molecule has 0 heterocycles. The van der Waals surface area contributed by atoms with Crippen molar-refractivity contribution in [3.05, 3.63) is 53.6 Å². The monoisotopic (exact) mass is 529 g/mol. The second-order valence-electron chi connectivity index (χ2n) is 9.61. The molecule has 0 atom stereocenters. The van der Waals surface area contributed by atoms with E-state index in [1.165, 1.54) is 50.7 Å². The van der Waals surface area contributed by atoms with E-state index in [0.29, 0.717) is 17.8 Å². The van der Waals surface area contributed by atoms with Gasteiger partial charge in [0.2, 0.25) is 11.8 Å². The molecule has 0 saturated carbocycles. The average molecular weight is 530 g/mol. The number of nitrogens with one attached hydrogen (secondary N) is 3. The highest BCUT2D eigenvalue weighted by Gasteiger charge is 2.17. The van der Waals surface area contributed by atoms with Crippen LogP contribution in [0, 0.1) is 13.8 Å². The van der Waals surface area contributed by atoms with Crippen LogP contribution in [0.4, 0.5) is 11.4 Å². The van der Waals surface area contributed by atoms with Gasteiger partial charge in [0.25, 0.3) is 10.0 Å². The van der Waals surface area contributed by atoms with Crippen molar-refractivity contribution < 1.29 is 18.0 Å². The molecule has 204 valence electrons. The highest BCUT2D eigenvalue weighted by Crippen LogP contribution is 2.23. The number of hydrogen-bond acceptors (Lipinski definition) is 4. The number of carbonyl (C=O) groups is 2. The molecule has 7 nitrogen and oxygen atoms in total. The fraction of sp³-hybridized carbons (Fsp3) is 0.517. The van der Waals surface area contributed by atoms with E-state index in [0.717, 1.165) is 30.4 Å². The minimum atomic E-state index is -3.82. The van der Waals surface area contributed by atoms with Crippen molar-refractivity contribution in [1.29, 1.82) is 0 Å². The summed E-state index contributed by atoms with van der Waals surface area (Å²) in [5, 5.41) is 5.51. The van der Waals surface area contributed by atoms with Crippen molar-refractivity contribution in [2.45, 2.75) is 96.3 Å². The van der Waals surface area contributed by atoms with Crippen molar-refractivity contribution in [1.82, 2.24) is 5.32 Å². The van der Waals surface area contributed by atoms with Crippen molar-refractivity contribution in [2.24, 2.45) is 0 Å². The van der Waals surface area contributed by atoms with Crippen LogP contribution in [0.2, 0.25) is 0 Å². The Labute approximate surface area is 222 Å². The minimum Gasteiger partial charge on any atom is -0.356 e. The number of carbonyl (C=O) groups excluding carboxylic acids is 2. The highest BCUT2D eigenvalue weighted by atomic mass is 32.2. The van der Waals surface area contributed by atoms with E-state index in [2.05, 4.69) is 22.3 Å². The third kappa shape index (κ3) is 11.4. The number of benzene rings is 2. The molecule has 3 N–H and O–H groups in total. The third-order valence-corrected chi connectivity index (χ3v) is 7.82. The summed E-state index contributed by atoms with van der Waals surface area (Å²) >= 11 is 0. The first-order valence-electron chi connectivity index (χ1n) is 13.5. The molecule has 0 aliphatic heterocycles. The summed E-state index contributed by atoms with van der Waals surface area (Å²) in [6, 6.07) is 11.6. The molecule has 0 unspecified atom stereocenters. The Morgan fingerprint density at radius 1 is 0.784 bits per heavy atom. The number of rotatable bonds is 17. The Morgan fingerprint density at radius 2 is 1.43 bits per heavy atom. The van der Waals surface area contributed by atoms with Crippen LogP contribution in [0.1, 0.15) is 88.7 Å². The third-order valence-electron chi connectivity index (χ3n) is 6.46. The smallest absolute Gasteiger partial charge is 0.261 e. The lowest BCUT2D eigenvalue weighted by Gasteiger charge is -2.13. The Hall–Kier alpha value is -2.87. The molecule has 0 aliphatic rings. The van der Waals surface area contributed by atoms with Crippen LogP contribution >= 0.6 is 0 Å². The molecule has 2 rings (SSSR count). The summed E-state index contributed by atoms with van der Waals surface area (Å²) in [6.07, 6.45) is 11.4. The maximum absolute atomic E-state index is 12.9. The second-order valence-corrected chi connectivity index (χ2v) is 11.3. The van der Waals surface area contributed by atoms with Crippen molar-refractivity contribution in [3.63, 3.8) is 0 Å². The predicted molar refractivity (Wildman–Crippen MR) is 151 cm³/mol. The first-order valence-corrected chi connectivity index (χ1v) is 15.0. The lowest BCUT2D eigenvalue weighted by Crippen LogP contribution is -2.27. The largest absolute Gasteiger partial charge is 0.356 e. The number of amides is 2. The van der Waals surface area contributed by atoms with Gasteiger partial charge in [0, 0.05) is 25.1 Å². The molecule has 0 radical (unpaired) electrons. The van der Waals surface area contributed by atoms with Crippen LogP contribution in [-0.2, 0) is 19.6 Å². The van der Waals surface area contributed by atoms with Gasteiger partial charge in [-0.2, -0.15) is 0 Å². The van der Waals surface area contributed by atoms with E-state index in [1.54, 1.807) is 24.3 Å². The Kier molecular flexibility index (Phi) is 13.2. The lowest BCUT2D eigenvalue weighted by molar-refractivity contribution is -0.121. The van der Waals surface area contributed by atoms with Gasteiger partial charge in [-0.15, -0.1) is 0 Å². The number of aryl methyl sites for hydroxylation is 1. The second kappa shape index (κ2) is 16.1. The number of anilines is 2. The number of sulfonamides is 1. The lowest BCUT2D eigenvalue weighted by atomic mass is 10.1. The van der Waals surface area contributed by atoms with Gasteiger partial charge in [-0.3, -0.25) is 14.3 Å². The molecule has 0 bridgehead atoms. The van der Waals surface area contributed by atoms with E-state index < -0.39 is 10.0 Å². The van der Waals surface area contributed by atoms with Crippen LogP contribution in [-0.4, -0.2) is 26.8 Å². The summed E-state index contributed by atoms with van der Waals surface area (Å²) in [4.78, 5) is 24.4. The van der Waals surface area contributed by atoms with Crippen LogP contribution in [0.25, 0.3) is 0 Å². The van der Waals surface area contributed by atoms with Crippen LogP contribution in [0.3, 0.4) is 0 Å². The topological polar surface area (TPSA) is 104 Å². The quantitative estimate of drug-likeness (QED) is 0.204. The number of unbranched alkanes of at least 4 members (excludes halogenated alkanes) is 8. The van der Waals surface area contributed by atoms with Gasteiger partial charge in [-0.1, -0.05) is 76.5 Å². The van der Waals surface area contributed by atoms with Gasteiger partial charge >= 0.3 is 0 Å². The van der Waals surface area contributed by atoms with Gasteiger partial charge in [0.1, 0.15) is 0 Å². The molecule has 0 fully saturated rings. The molecule has 0 spiro atoms. The van der Waals surface area contributed by atoms with E-state index in [4.69, 9.17) is 0 Å². The van der Waals surface area contributed by atoms with E-state index in [9.17, 15) is 18.0 Å². The maximum Gasteiger partial charge on any atom is 0.261 e. The average Bonchev–Trinajstić information content (AvgIpc) is 2.86. The Balaban J connectivity index is 1.70. The molecule has 2 aromatic rings. The SMILES string of the molecule is CCCCCCCCCCCC(=O)NCCC(=O)Nc1cccc(S(=O)(=O)Nc2cccc(C)c2C)c1.